The van der Waals surface area contributed by atoms with Crippen LogP contribution in [-0.4, -0.2) is 29.0 Å². The predicted octanol–water partition coefficient (Wildman–Crippen LogP) is 2.70. The van der Waals surface area contributed by atoms with Crippen molar-refractivity contribution >= 4 is 41.8 Å². The molecule has 0 atom stereocenters. The average Bonchev–Trinajstić information content (AvgIpc) is 2.44. The van der Waals surface area contributed by atoms with Crippen molar-refractivity contribution in [2.24, 2.45) is 5.73 Å². The van der Waals surface area contributed by atoms with Crippen molar-refractivity contribution in [3.8, 4) is 0 Å². The van der Waals surface area contributed by atoms with Gasteiger partial charge in [-0.05, 0) is 39.3 Å². The first-order chi connectivity index (χ1) is 10.0. The van der Waals surface area contributed by atoms with Crippen LogP contribution in [0, 0.1) is 19.7 Å². The van der Waals surface area contributed by atoms with Gasteiger partial charge < -0.3 is 11.1 Å². The van der Waals surface area contributed by atoms with E-state index >= 15 is 0 Å². The van der Waals surface area contributed by atoms with E-state index in [0.29, 0.717) is 24.1 Å². The number of nitrogens with zero attached hydrogens (tertiary/aromatic N) is 2. The molecule has 2 aromatic rings. The van der Waals surface area contributed by atoms with Crippen LogP contribution in [0.1, 0.15) is 34.6 Å². The third-order valence-electron chi connectivity index (χ3n) is 3.31. The van der Waals surface area contributed by atoms with Crippen molar-refractivity contribution in [2.75, 3.05) is 13.1 Å². The largest absolute Gasteiger partial charge is 0.352 e. The lowest BCUT2D eigenvalue weighted by Gasteiger charge is -2.09. The Bertz CT molecular complexity index is 682. The molecule has 1 aromatic carbocycles. The highest BCUT2D eigenvalue weighted by Gasteiger charge is 2.15. The second kappa shape index (κ2) is 9.60. The third-order valence-corrected chi connectivity index (χ3v) is 3.31. The lowest BCUT2D eigenvalue weighted by molar-refractivity contribution is 0.0954. The zero-order valence-electron chi connectivity index (χ0n) is 13.1. The molecule has 0 radical (unpaired) electrons. The Hall–Kier alpha value is -1.50. The summed E-state index contributed by atoms with van der Waals surface area (Å²) in [6.07, 6.45) is 1.63. The number of rotatable bonds is 5. The van der Waals surface area contributed by atoms with Gasteiger partial charge in [-0.3, -0.25) is 4.79 Å². The van der Waals surface area contributed by atoms with E-state index in [1.54, 1.807) is 6.92 Å². The minimum Gasteiger partial charge on any atom is -0.352 e. The minimum atomic E-state index is -0.493. The predicted molar refractivity (Wildman–Crippen MR) is 94.1 cm³/mol. The van der Waals surface area contributed by atoms with Gasteiger partial charge in [-0.25, -0.2) is 14.4 Å². The zero-order chi connectivity index (χ0) is 15.4. The first kappa shape index (κ1) is 21.5. The van der Waals surface area contributed by atoms with Gasteiger partial charge in [0.25, 0.3) is 5.91 Å². The molecule has 0 saturated carbocycles. The summed E-state index contributed by atoms with van der Waals surface area (Å²) in [6, 6.07) is 2.49. The lowest BCUT2D eigenvalue weighted by Crippen LogP contribution is -2.25. The number of aryl methyl sites for hydroxylation is 2. The van der Waals surface area contributed by atoms with E-state index in [9.17, 15) is 9.18 Å². The van der Waals surface area contributed by atoms with Crippen molar-refractivity contribution in [1.29, 1.82) is 0 Å². The van der Waals surface area contributed by atoms with E-state index in [4.69, 9.17) is 5.73 Å². The van der Waals surface area contributed by atoms with Crippen molar-refractivity contribution < 1.29 is 9.18 Å². The van der Waals surface area contributed by atoms with Crippen LogP contribution >= 0.6 is 24.8 Å². The first-order valence-corrected chi connectivity index (χ1v) is 6.95. The number of carbonyl (C=O) groups excluding carboxylic acids is 1. The fourth-order valence-corrected chi connectivity index (χ4v) is 2.04. The van der Waals surface area contributed by atoms with E-state index in [1.807, 2.05) is 6.92 Å². The molecule has 128 valence electrons. The number of unbranched alkanes of at least 4 members (excludes halogenated alkanes) is 1. The van der Waals surface area contributed by atoms with Crippen LogP contribution in [-0.2, 0) is 0 Å². The summed E-state index contributed by atoms with van der Waals surface area (Å²) in [5.41, 5.74) is 7.89. The Morgan fingerprint density at radius 3 is 2.48 bits per heavy atom. The summed E-state index contributed by atoms with van der Waals surface area (Å²) < 4.78 is 13.7. The SMILES string of the molecule is Cc1nc2cc(F)cc(C(=O)NCCCCN)c2nc1C.Cl.Cl. The van der Waals surface area contributed by atoms with Crippen molar-refractivity contribution in [3.63, 3.8) is 0 Å². The smallest absolute Gasteiger partial charge is 0.253 e. The van der Waals surface area contributed by atoms with Crippen molar-refractivity contribution in [2.45, 2.75) is 26.7 Å². The summed E-state index contributed by atoms with van der Waals surface area (Å²) in [5.74, 6) is -0.832. The fourth-order valence-electron chi connectivity index (χ4n) is 2.04. The monoisotopic (exact) mass is 362 g/mol. The molecule has 0 aliphatic carbocycles. The van der Waals surface area contributed by atoms with Gasteiger partial charge in [0.05, 0.1) is 22.5 Å². The summed E-state index contributed by atoms with van der Waals surface area (Å²) in [6.45, 7) is 4.71. The number of hydrogen-bond donors (Lipinski definition) is 2. The number of nitrogens with one attached hydrogen (secondary N) is 1. The number of benzene rings is 1. The molecule has 0 aliphatic rings. The minimum absolute atomic E-state index is 0. The second-order valence-electron chi connectivity index (χ2n) is 4.97. The van der Waals surface area contributed by atoms with Crippen LogP contribution in [0.5, 0.6) is 0 Å². The second-order valence-corrected chi connectivity index (χ2v) is 4.97. The maximum Gasteiger partial charge on any atom is 0.253 e. The lowest BCUT2D eigenvalue weighted by atomic mass is 10.1. The van der Waals surface area contributed by atoms with Crippen LogP contribution in [0.2, 0.25) is 0 Å². The van der Waals surface area contributed by atoms with Crippen LogP contribution in [0.3, 0.4) is 0 Å². The first-order valence-electron chi connectivity index (χ1n) is 6.95. The van der Waals surface area contributed by atoms with E-state index in [2.05, 4.69) is 15.3 Å². The van der Waals surface area contributed by atoms with Crippen LogP contribution in [0.15, 0.2) is 12.1 Å². The number of aromatic nitrogens is 2. The molecule has 0 spiro atoms. The Balaban J connectivity index is 0.00000242. The summed E-state index contributed by atoms with van der Waals surface area (Å²) in [4.78, 5) is 20.9. The van der Waals surface area contributed by atoms with Gasteiger partial charge in [-0.15, -0.1) is 24.8 Å². The summed E-state index contributed by atoms with van der Waals surface area (Å²) >= 11 is 0. The highest BCUT2D eigenvalue weighted by Crippen LogP contribution is 2.19. The maximum atomic E-state index is 13.7. The Kier molecular flexibility index (Phi) is 8.97. The van der Waals surface area contributed by atoms with E-state index in [1.165, 1.54) is 12.1 Å². The number of fused-ring (bicyclic) bond motifs is 1. The number of nitrogens with two attached hydrogens (primary N) is 1. The summed E-state index contributed by atoms with van der Waals surface area (Å²) in [7, 11) is 0. The Labute approximate surface area is 147 Å². The van der Waals surface area contributed by atoms with Crippen molar-refractivity contribution in [1.82, 2.24) is 15.3 Å². The van der Waals surface area contributed by atoms with E-state index in [0.717, 1.165) is 24.2 Å². The van der Waals surface area contributed by atoms with Gasteiger partial charge in [0.2, 0.25) is 0 Å². The molecule has 1 aromatic heterocycles. The molecule has 0 bridgehead atoms. The molecule has 5 nitrogen and oxygen atoms in total. The maximum absolute atomic E-state index is 13.7. The Morgan fingerprint density at radius 1 is 1.17 bits per heavy atom. The average molecular weight is 363 g/mol. The molecule has 8 heteroatoms. The van der Waals surface area contributed by atoms with Gasteiger partial charge >= 0.3 is 0 Å². The molecule has 23 heavy (non-hydrogen) atoms. The van der Waals surface area contributed by atoms with Gasteiger partial charge in [-0.1, -0.05) is 0 Å². The zero-order valence-corrected chi connectivity index (χ0v) is 14.7. The fraction of sp³-hybridized carbons (Fsp3) is 0.400. The standard InChI is InChI=1S/C15H19FN4O.2ClH/c1-9-10(2)20-14-12(7-11(16)8-13(14)19-9)15(21)18-6-4-3-5-17;;/h7-8H,3-6,17H2,1-2H3,(H,18,21);2*1H. The molecule has 0 aliphatic heterocycles. The Morgan fingerprint density at radius 2 is 1.83 bits per heavy atom. The molecule has 1 amide bonds. The highest BCUT2D eigenvalue weighted by molar-refractivity contribution is 6.04. The molecular weight excluding hydrogens is 342 g/mol. The van der Waals surface area contributed by atoms with Crippen LogP contribution < -0.4 is 11.1 Å². The molecule has 0 unspecified atom stereocenters. The van der Waals surface area contributed by atoms with Crippen LogP contribution in [0.4, 0.5) is 4.39 Å². The molecule has 1 heterocycles. The molecule has 0 saturated heterocycles. The summed E-state index contributed by atoms with van der Waals surface area (Å²) in [5, 5.41) is 2.76. The molecule has 0 fully saturated rings. The van der Waals surface area contributed by atoms with Gasteiger partial charge in [0.1, 0.15) is 11.3 Å². The van der Waals surface area contributed by atoms with E-state index in [-0.39, 0.29) is 36.3 Å². The quantitative estimate of drug-likeness (QED) is 0.801. The number of carbonyl (C=O) groups is 1. The third kappa shape index (κ3) is 5.27. The van der Waals surface area contributed by atoms with E-state index < -0.39 is 5.82 Å². The van der Waals surface area contributed by atoms with Crippen molar-refractivity contribution in [3.05, 3.63) is 34.9 Å². The van der Waals surface area contributed by atoms with Crippen LogP contribution in [0.25, 0.3) is 11.0 Å². The number of halogens is 3. The van der Waals surface area contributed by atoms with Gasteiger partial charge in [0, 0.05) is 12.6 Å². The van der Waals surface area contributed by atoms with Gasteiger partial charge in [0.15, 0.2) is 0 Å². The molecule has 3 N–H and O–H groups in total. The molecule has 2 rings (SSSR count). The highest BCUT2D eigenvalue weighted by atomic mass is 35.5. The van der Waals surface area contributed by atoms with Gasteiger partial charge in [-0.2, -0.15) is 0 Å². The molecular formula is C15H21Cl2FN4O. The number of hydrogen-bond acceptors (Lipinski definition) is 4. The normalized spacial score (nSPS) is 9.91. The number of amides is 1. The topological polar surface area (TPSA) is 80.9 Å².